The van der Waals surface area contributed by atoms with Crippen molar-refractivity contribution in [2.45, 2.75) is 30.8 Å². The van der Waals surface area contributed by atoms with Gasteiger partial charge in [-0.25, -0.2) is 0 Å². The SMILES string of the molecule is CCn1c(=O)c2ccccc2n2c(CSc3nnc(Cc4cccs4)n3-c3ccccc3)nnc12. The van der Waals surface area contributed by atoms with Crippen molar-refractivity contribution in [2.75, 3.05) is 0 Å². The van der Waals surface area contributed by atoms with Gasteiger partial charge in [0.1, 0.15) is 11.6 Å². The van der Waals surface area contributed by atoms with Gasteiger partial charge in [0.05, 0.1) is 16.7 Å². The van der Waals surface area contributed by atoms with E-state index in [0.29, 0.717) is 29.9 Å². The van der Waals surface area contributed by atoms with Gasteiger partial charge < -0.3 is 0 Å². The van der Waals surface area contributed by atoms with Gasteiger partial charge in [-0.3, -0.25) is 18.3 Å². The minimum absolute atomic E-state index is 0.0516. The second-order valence-corrected chi connectivity index (χ2v) is 9.91. The fraction of sp³-hybridized carbons (Fsp3) is 0.160. The highest BCUT2D eigenvalue weighted by Gasteiger charge is 2.19. The molecule has 0 N–H and O–H groups in total. The maximum atomic E-state index is 13.0. The van der Waals surface area contributed by atoms with E-state index in [2.05, 4.69) is 54.6 Å². The van der Waals surface area contributed by atoms with Crippen LogP contribution in [0.5, 0.6) is 0 Å². The normalized spacial score (nSPS) is 11.6. The van der Waals surface area contributed by atoms with E-state index in [-0.39, 0.29) is 5.56 Å². The Hall–Kier alpha value is -3.76. The zero-order chi connectivity index (χ0) is 23.8. The lowest BCUT2D eigenvalue weighted by Gasteiger charge is -2.11. The number of fused-ring (bicyclic) bond motifs is 3. The first-order valence-corrected chi connectivity index (χ1v) is 13.1. The molecule has 0 unspecified atom stereocenters. The molecule has 0 spiro atoms. The van der Waals surface area contributed by atoms with E-state index in [9.17, 15) is 4.79 Å². The summed E-state index contributed by atoms with van der Waals surface area (Å²) in [4.78, 5) is 14.2. The van der Waals surface area contributed by atoms with Gasteiger partial charge in [-0.1, -0.05) is 48.2 Å². The van der Waals surface area contributed by atoms with Crippen LogP contribution in [0.3, 0.4) is 0 Å². The molecule has 35 heavy (non-hydrogen) atoms. The maximum Gasteiger partial charge on any atom is 0.262 e. The summed E-state index contributed by atoms with van der Waals surface area (Å²) in [5, 5.41) is 21.4. The molecule has 0 aliphatic heterocycles. The van der Waals surface area contributed by atoms with Crippen molar-refractivity contribution in [3.05, 3.63) is 99.0 Å². The standard InChI is InChI=1S/C25H21N7OS2/c1-2-30-23(33)19-12-6-7-13-20(19)32-22(27-28-24(30)32)16-35-25-29-26-21(15-18-11-8-14-34-18)31(25)17-9-4-3-5-10-17/h3-14H,2,15-16H2,1H3. The Balaban J connectivity index is 1.41. The number of hydrogen-bond donors (Lipinski definition) is 0. The molecule has 0 bridgehead atoms. The van der Waals surface area contributed by atoms with Gasteiger partial charge in [0, 0.05) is 23.5 Å². The van der Waals surface area contributed by atoms with Crippen molar-refractivity contribution in [1.29, 1.82) is 0 Å². The number of thioether (sulfide) groups is 1. The Labute approximate surface area is 208 Å². The van der Waals surface area contributed by atoms with Crippen LogP contribution < -0.4 is 5.56 Å². The molecule has 6 rings (SSSR count). The van der Waals surface area contributed by atoms with Crippen molar-refractivity contribution >= 4 is 39.8 Å². The summed E-state index contributed by atoms with van der Waals surface area (Å²) in [7, 11) is 0. The number of aromatic nitrogens is 7. The Morgan fingerprint density at radius 1 is 0.886 bits per heavy atom. The molecule has 2 aromatic carbocycles. The molecule has 4 heterocycles. The molecule has 6 aromatic rings. The van der Waals surface area contributed by atoms with Gasteiger partial charge >= 0.3 is 0 Å². The van der Waals surface area contributed by atoms with Crippen molar-refractivity contribution in [1.82, 2.24) is 33.9 Å². The van der Waals surface area contributed by atoms with E-state index >= 15 is 0 Å². The Morgan fingerprint density at radius 3 is 2.49 bits per heavy atom. The molecule has 0 aliphatic carbocycles. The Morgan fingerprint density at radius 2 is 1.69 bits per heavy atom. The van der Waals surface area contributed by atoms with Crippen LogP contribution in [0.25, 0.3) is 22.4 Å². The molecule has 0 atom stereocenters. The van der Waals surface area contributed by atoms with Crippen molar-refractivity contribution in [3.63, 3.8) is 0 Å². The van der Waals surface area contributed by atoms with Crippen LogP contribution in [-0.2, 0) is 18.7 Å². The van der Waals surface area contributed by atoms with Crippen LogP contribution >= 0.6 is 23.1 Å². The monoisotopic (exact) mass is 499 g/mol. The van der Waals surface area contributed by atoms with Gasteiger partial charge in [0.25, 0.3) is 5.56 Å². The number of para-hydroxylation sites is 2. The van der Waals surface area contributed by atoms with Gasteiger partial charge in [-0.05, 0) is 42.6 Å². The molecule has 0 fully saturated rings. The number of thiophene rings is 1. The summed E-state index contributed by atoms with van der Waals surface area (Å²) < 4.78 is 5.74. The summed E-state index contributed by atoms with van der Waals surface area (Å²) in [6.45, 7) is 2.46. The summed E-state index contributed by atoms with van der Waals surface area (Å²) >= 11 is 3.27. The molecule has 0 saturated carbocycles. The first-order valence-electron chi connectivity index (χ1n) is 11.2. The van der Waals surface area contributed by atoms with E-state index in [1.54, 1.807) is 27.7 Å². The maximum absolute atomic E-state index is 13.0. The second-order valence-electron chi connectivity index (χ2n) is 7.93. The Bertz CT molecular complexity index is 1680. The molecular formula is C25H21N7OS2. The van der Waals surface area contributed by atoms with Gasteiger partial charge in [0.2, 0.25) is 5.78 Å². The van der Waals surface area contributed by atoms with E-state index < -0.39 is 0 Å². The highest BCUT2D eigenvalue weighted by Crippen LogP contribution is 2.27. The zero-order valence-electron chi connectivity index (χ0n) is 18.9. The lowest BCUT2D eigenvalue weighted by molar-refractivity contribution is 0.735. The molecule has 174 valence electrons. The highest BCUT2D eigenvalue weighted by atomic mass is 32.2. The van der Waals surface area contributed by atoms with Crippen LogP contribution in [0.15, 0.2) is 82.1 Å². The minimum atomic E-state index is -0.0516. The topological polar surface area (TPSA) is 82.9 Å². The van der Waals surface area contributed by atoms with Crippen LogP contribution in [0.4, 0.5) is 0 Å². The largest absolute Gasteiger partial charge is 0.277 e. The van der Waals surface area contributed by atoms with Crippen LogP contribution in [0, 0.1) is 0 Å². The summed E-state index contributed by atoms with van der Waals surface area (Å²) in [5.74, 6) is 2.72. The predicted octanol–water partition coefficient (Wildman–Crippen LogP) is 4.59. The average molecular weight is 500 g/mol. The number of benzene rings is 2. The third-order valence-corrected chi connectivity index (χ3v) is 7.65. The van der Waals surface area contributed by atoms with Crippen LogP contribution in [0.2, 0.25) is 0 Å². The van der Waals surface area contributed by atoms with Crippen LogP contribution in [-0.4, -0.2) is 33.9 Å². The van der Waals surface area contributed by atoms with Gasteiger partial charge in [-0.2, -0.15) is 0 Å². The Kier molecular flexibility index (Phi) is 5.67. The van der Waals surface area contributed by atoms with Gasteiger partial charge in [0.15, 0.2) is 5.16 Å². The first kappa shape index (κ1) is 21.8. The fourth-order valence-electron chi connectivity index (χ4n) is 4.24. The number of aryl methyl sites for hydroxylation is 1. The molecule has 0 aliphatic rings. The molecule has 0 amide bonds. The molecule has 8 nitrogen and oxygen atoms in total. The van der Waals surface area contributed by atoms with E-state index in [1.165, 1.54) is 4.88 Å². The highest BCUT2D eigenvalue weighted by molar-refractivity contribution is 7.98. The predicted molar refractivity (Wildman–Crippen MR) is 138 cm³/mol. The number of hydrogen-bond acceptors (Lipinski definition) is 7. The summed E-state index contributed by atoms with van der Waals surface area (Å²) in [6.07, 6.45) is 0.710. The summed E-state index contributed by atoms with van der Waals surface area (Å²) in [5.41, 5.74) is 1.77. The van der Waals surface area contributed by atoms with Crippen molar-refractivity contribution in [2.24, 2.45) is 0 Å². The second kappa shape index (κ2) is 9.12. The molecule has 0 saturated heterocycles. The minimum Gasteiger partial charge on any atom is -0.277 e. The van der Waals surface area contributed by atoms with E-state index in [4.69, 9.17) is 0 Å². The van der Waals surface area contributed by atoms with Crippen LogP contribution in [0.1, 0.15) is 23.4 Å². The molecule has 0 radical (unpaired) electrons. The van der Waals surface area contributed by atoms with Gasteiger partial charge in [-0.15, -0.1) is 31.7 Å². The fourth-order valence-corrected chi connectivity index (χ4v) is 5.82. The lowest BCUT2D eigenvalue weighted by Crippen LogP contribution is -2.22. The van der Waals surface area contributed by atoms with E-state index in [0.717, 1.165) is 28.0 Å². The van der Waals surface area contributed by atoms with Crippen molar-refractivity contribution < 1.29 is 0 Å². The van der Waals surface area contributed by atoms with E-state index in [1.807, 2.05) is 53.8 Å². The molecule has 10 heteroatoms. The zero-order valence-corrected chi connectivity index (χ0v) is 20.5. The number of nitrogens with zero attached hydrogens (tertiary/aromatic N) is 7. The summed E-state index contributed by atoms with van der Waals surface area (Å²) in [6, 6.07) is 21.9. The molecular weight excluding hydrogens is 478 g/mol. The lowest BCUT2D eigenvalue weighted by atomic mass is 10.2. The first-order chi connectivity index (χ1) is 17.2. The smallest absolute Gasteiger partial charge is 0.262 e. The third kappa shape index (κ3) is 3.84. The molecule has 4 aromatic heterocycles. The average Bonchev–Trinajstić information content (AvgIpc) is 3.65. The quantitative estimate of drug-likeness (QED) is 0.299. The van der Waals surface area contributed by atoms with Crippen molar-refractivity contribution in [3.8, 4) is 5.69 Å². The number of rotatable bonds is 7. The third-order valence-electron chi connectivity index (χ3n) is 5.85.